The third-order valence-electron chi connectivity index (χ3n) is 3.33. The molecule has 0 aromatic carbocycles. The summed E-state index contributed by atoms with van der Waals surface area (Å²) in [4.78, 5) is 16.2. The Kier molecular flexibility index (Phi) is 3.55. The maximum atomic E-state index is 11.9. The number of urea groups is 1. The summed E-state index contributed by atoms with van der Waals surface area (Å²) in [5.74, 6) is 1.33. The fourth-order valence-electron chi connectivity index (χ4n) is 2.28. The molecule has 7 nitrogen and oxygen atoms in total. The summed E-state index contributed by atoms with van der Waals surface area (Å²) in [7, 11) is 0. The van der Waals surface area contributed by atoms with E-state index >= 15 is 0 Å². The number of pyridine rings is 1. The van der Waals surface area contributed by atoms with E-state index in [1.165, 1.54) is 0 Å². The second-order valence-electron chi connectivity index (χ2n) is 5.36. The molecule has 3 rings (SSSR count). The summed E-state index contributed by atoms with van der Waals surface area (Å²) in [5, 5.41) is 13.5. The Bertz CT molecular complexity index is 641. The molecule has 2 heterocycles. The first-order valence-electron chi connectivity index (χ1n) is 7.00. The van der Waals surface area contributed by atoms with Crippen LogP contribution in [0.15, 0.2) is 18.5 Å². The first-order valence-corrected chi connectivity index (χ1v) is 7.00. The Morgan fingerprint density at radius 3 is 2.90 bits per heavy atom. The highest BCUT2D eigenvalue weighted by atomic mass is 16.2. The normalized spacial score (nSPS) is 14.0. The first-order chi connectivity index (χ1) is 10.1. The number of nitrogens with one attached hydrogen (secondary N) is 2. The molecule has 0 saturated heterocycles. The zero-order chi connectivity index (χ0) is 14.8. The van der Waals surface area contributed by atoms with E-state index in [1.807, 2.05) is 30.5 Å². The third kappa shape index (κ3) is 3.36. The number of aromatic nitrogens is 4. The van der Waals surface area contributed by atoms with E-state index in [4.69, 9.17) is 0 Å². The highest BCUT2D eigenvalue weighted by molar-refractivity contribution is 5.88. The van der Waals surface area contributed by atoms with Crippen molar-refractivity contribution in [3.8, 4) is 0 Å². The number of hydrogen-bond acceptors (Lipinski definition) is 4. The Morgan fingerprint density at radius 1 is 1.38 bits per heavy atom. The monoisotopic (exact) mass is 286 g/mol. The number of anilines is 1. The van der Waals surface area contributed by atoms with Gasteiger partial charge in [0.25, 0.3) is 0 Å². The molecule has 7 heteroatoms. The molecule has 1 aliphatic rings. The van der Waals surface area contributed by atoms with Gasteiger partial charge in [-0.1, -0.05) is 0 Å². The molecular formula is C14H18N6O. The molecule has 0 atom stereocenters. The first kappa shape index (κ1) is 13.5. The molecule has 0 unspecified atom stereocenters. The van der Waals surface area contributed by atoms with Crippen LogP contribution in [-0.2, 0) is 6.54 Å². The molecular weight excluding hydrogens is 268 g/mol. The minimum absolute atomic E-state index is 0.294. The van der Waals surface area contributed by atoms with Crippen molar-refractivity contribution in [2.75, 3.05) is 5.32 Å². The van der Waals surface area contributed by atoms with Crippen molar-refractivity contribution in [3.63, 3.8) is 0 Å². The van der Waals surface area contributed by atoms with Crippen LogP contribution in [-0.4, -0.2) is 25.8 Å². The maximum absolute atomic E-state index is 11.9. The molecule has 0 radical (unpaired) electrons. The molecule has 1 saturated carbocycles. The van der Waals surface area contributed by atoms with Gasteiger partial charge in [0.05, 0.1) is 6.54 Å². The van der Waals surface area contributed by atoms with Crippen LogP contribution in [0.5, 0.6) is 0 Å². The van der Waals surface area contributed by atoms with Crippen molar-refractivity contribution >= 4 is 11.8 Å². The fraction of sp³-hybridized carbons (Fsp3) is 0.429. The highest BCUT2D eigenvalue weighted by Crippen LogP contribution is 2.35. The van der Waals surface area contributed by atoms with E-state index in [9.17, 15) is 4.79 Å². The summed E-state index contributed by atoms with van der Waals surface area (Å²) in [5.41, 5.74) is 1.94. The molecule has 2 N–H and O–H groups in total. The Labute approximate surface area is 122 Å². The van der Waals surface area contributed by atoms with E-state index in [0.29, 0.717) is 18.4 Å². The Hall–Kier alpha value is -2.44. The van der Waals surface area contributed by atoms with E-state index in [1.54, 1.807) is 6.33 Å². The number of rotatable bonds is 4. The van der Waals surface area contributed by atoms with Crippen molar-refractivity contribution in [2.45, 2.75) is 39.3 Å². The zero-order valence-electron chi connectivity index (χ0n) is 12.1. The fourth-order valence-corrected chi connectivity index (χ4v) is 2.28. The molecule has 0 bridgehead atoms. The van der Waals surface area contributed by atoms with Crippen LogP contribution in [0, 0.1) is 13.8 Å². The van der Waals surface area contributed by atoms with Crippen LogP contribution in [0.3, 0.4) is 0 Å². The van der Waals surface area contributed by atoms with Gasteiger partial charge in [-0.15, -0.1) is 10.2 Å². The highest BCUT2D eigenvalue weighted by Gasteiger charge is 2.25. The second-order valence-corrected chi connectivity index (χ2v) is 5.36. The van der Waals surface area contributed by atoms with Crippen LogP contribution in [0.25, 0.3) is 0 Å². The van der Waals surface area contributed by atoms with Gasteiger partial charge >= 0.3 is 6.03 Å². The van der Waals surface area contributed by atoms with Gasteiger partial charge < -0.3 is 9.88 Å². The predicted octanol–water partition coefficient (Wildman–Crippen LogP) is 1.95. The van der Waals surface area contributed by atoms with E-state index in [-0.39, 0.29) is 6.03 Å². The smallest absolute Gasteiger partial charge is 0.320 e. The summed E-state index contributed by atoms with van der Waals surface area (Å²) in [6.45, 7) is 4.22. The lowest BCUT2D eigenvalue weighted by molar-refractivity contribution is 0.251. The van der Waals surface area contributed by atoms with Gasteiger partial charge in [-0.3, -0.25) is 5.32 Å². The number of hydrogen-bond donors (Lipinski definition) is 2. The topological polar surface area (TPSA) is 84.7 Å². The van der Waals surface area contributed by atoms with Gasteiger partial charge in [0, 0.05) is 11.7 Å². The van der Waals surface area contributed by atoms with Gasteiger partial charge in [0.2, 0.25) is 0 Å². The van der Waals surface area contributed by atoms with E-state index in [0.717, 1.165) is 29.9 Å². The molecule has 2 amide bonds. The standard InChI is InChI=1S/C14H18N6O/c1-9-5-10(2)17-12(6-9)18-14(21)15-7-13-19-16-8-20(13)11-3-4-11/h5-6,8,11H,3-4,7H2,1-2H3,(H2,15,17,18,21). The van der Waals surface area contributed by atoms with Gasteiger partial charge in [0.15, 0.2) is 5.82 Å². The number of amides is 2. The summed E-state index contributed by atoms with van der Waals surface area (Å²) in [6, 6.07) is 4.00. The van der Waals surface area contributed by atoms with Gasteiger partial charge in [-0.25, -0.2) is 9.78 Å². The van der Waals surface area contributed by atoms with Crippen LogP contribution in [0.2, 0.25) is 0 Å². The number of aryl methyl sites for hydroxylation is 2. The summed E-state index contributed by atoms with van der Waals surface area (Å²) in [6.07, 6.45) is 4.03. The molecule has 0 spiro atoms. The molecule has 1 aliphatic carbocycles. The quantitative estimate of drug-likeness (QED) is 0.899. The summed E-state index contributed by atoms with van der Waals surface area (Å²) < 4.78 is 2.02. The Balaban J connectivity index is 1.57. The lowest BCUT2D eigenvalue weighted by atomic mass is 10.2. The van der Waals surface area contributed by atoms with Crippen molar-refractivity contribution in [1.29, 1.82) is 0 Å². The molecule has 1 fully saturated rings. The number of carbonyl (C=O) groups excluding carboxylic acids is 1. The lowest BCUT2D eigenvalue weighted by Crippen LogP contribution is -2.29. The SMILES string of the molecule is Cc1cc(C)nc(NC(=O)NCc2nncn2C2CC2)c1. The van der Waals surface area contributed by atoms with Crippen molar-refractivity contribution in [2.24, 2.45) is 0 Å². The van der Waals surface area contributed by atoms with E-state index < -0.39 is 0 Å². The van der Waals surface area contributed by atoms with Crippen LogP contribution in [0.4, 0.5) is 10.6 Å². The zero-order valence-corrected chi connectivity index (χ0v) is 12.1. The third-order valence-corrected chi connectivity index (χ3v) is 3.33. The largest absolute Gasteiger partial charge is 0.331 e. The van der Waals surface area contributed by atoms with Gasteiger partial charge in [0.1, 0.15) is 12.1 Å². The maximum Gasteiger partial charge on any atom is 0.320 e. The Morgan fingerprint density at radius 2 is 2.19 bits per heavy atom. The van der Waals surface area contributed by atoms with Gasteiger partial charge in [-0.2, -0.15) is 0 Å². The van der Waals surface area contributed by atoms with Crippen molar-refractivity contribution in [1.82, 2.24) is 25.1 Å². The molecule has 21 heavy (non-hydrogen) atoms. The number of nitrogens with zero attached hydrogens (tertiary/aromatic N) is 4. The van der Waals surface area contributed by atoms with Crippen molar-refractivity contribution < 1.29 is 4.79 Å². The lowest BCUT2D eigenvalue weighted by Gasteiger charge is -2.09. The second kappa shape index (κ2) is 5.51. The average Bonchev–Trinajstić information content (AvgIpc) is 3.14. The molecule has 110 valence electrons. The van der Waals surface area contributed by atoms with Crippen LogP contribution < -0.4 is 10.6 Å². The predicted molar refractivity (Wildman–Crippen MR) is 77.9 cm³/mol. The minimum Gasteiger partial charge on any atom is -0.331 e. The molecule has 0 aliphatic heterocycles. The van der Waals surface area contributed by atoms with Crippen molar-refractivity contribution in [3.05, 3.63) is 35.5 Å². The molecule has 2 aromatic rings. The van der Waals surface area contributed by atoms with E-state index in [2.05, 4.69) is 25.8 Å². The van der Waals surface area contributed by atoms with Gasteiger partial charge in [-0.05, 0) is 44.4 Å². The minimum atomic E-state index is -0.294. The van der Waals surface area contributed by atoms with Crippen LogP contribution >= 0.6 is 0 Å². The number of carbonyl (C=O) groups is 1. The van der Waals surface area contributed by atoms with Crippen LogP contribution in [0.1, 0.15) is 36.0 Å². The average molecular weight is 286 g/mol. The molecule has 2 aromatic heterocycles. The summed E-state index contributed by atoms with van der Waals surface area (Å²) >= 11 is 0.